The second-order valence-corrected chi connectivity index (χ2v) is 17.3. The number of pyridine rings is 1. The second-order valence-electron chi connectivity index (χ2n) is 17.3. The van der Waals surface area contributed by atoms with Crippen LogP contribution in [0, 0.1) is 6.92 Å². The molecule has 0 saturated heterocycles. The highest BCUT2D eigenvalue weighted by Gasteiger charge is 2.14. The molecule has 4 heteroatoms. The van der Waals surface area contributed by atoms with Gasteiger partial charge in [-0.05, 0) is 129 Å². The first kappa shape index (κ1) is 43.4. The molecule has 0 unspecified atom stereocenters. The summed E-state index contributed by atoms with van der Waals surface area (Å²) in [5, 5.41) is 0. The topological polar surface area (TPSA) is 43.1 Å². The van der Waals surface area contributed by atoms with Gasteiger partial charge in [0.1, 0.15) is 5.82 Å². The predicted molar refractivity (Wildman–Crippen MR) is 284 cm³/mol. The number of para-hydroxylation sites is 1. The van der Waals surface area contributed by atoms with E-state index in [2.05, 4.69) is 223 Å². The molecular weight excluding hydrogens is 825 g/mol. The number of rotatable bonds is 15. The van der Waals surface area contributed by atoms with Gasteiger partial charge in [0.25, 0.3) is 0 Å². The van der Waals surface area contributed by atoms with Gasteiger partial charge in [0.2, 0.25) is 0 Å². The summed E-state index contributed by atoms with van der Waals surface area (Å²) in [5.74, 6) is 0.940. The molecule has 0 atom stereocenters. The molecule has 4 nitrogen and oxygen atoms in total. The molecule has 10 rings (SSSR count). The van der Waals surface area contributed by atoms with Gasteiger partial charge in [-0.3, -0.25) is 14.5 Å². The van der Waals surface area contributed by atoms with Crippen molar-refractivity contribution in [2.24, 2.45) is 4.99 Å². The Labute approximate surface area is 400 Å². The third kappa shape index (κ3) is 10.0. The summed E-state index contributed by atoms with van der Waals surface area (Å²) in [5.41, 5.74) is 21.4. The smallest absolute Gasteiger partial charge is 0.144 e. The van der Waals surface area contributed by atoms with Crippen LogP contribution in [0.25, 0.3) is 72.8 Å². The number of aryl methyl sites for hydroxylation is 5. The molecule has 10 aromatic rings. The Morgan fingerprint density at radius 3 is 1.62 bits per heavy atom. The monoisotopic (exact) mass is 876 g/mol. The van der Waals surface area contributed by atoms with E-state index in [0.717, 1.165) is 65.1 Å². The van der Waals surface area contributed by atoms with Crippen molar-refractivity contribution >= 4 is 6.21 Å². The van der Waals surface area contributed by atoms with Crippen LogP contribution in [0.15, 0.2) is 243 Å². The highest BCUT2D eigenvalue weighted by Crippen LogP contribution is 2.36. The predicted octanol–water partition coefficient (Wildman–Crippen LogP) is 15.7. The molecule has 0 saturated carbocycles. The highest BCUT2D eigenvalue weighted by molar-refractivity contribution is 5.85. The van der Waals surface area contributed by atoms with Gasteiger partial charge in [0.05, 0.1) is 5.69 Å². The molecular formula is C64H52N4. The van der Waals surface area contributed by atoms with E-state index in [-0.39, 0.29) is 0 Å². The summed E-state index contributed by atoms with van der Waals surface area (Å²) < 4.78 is 2.14. The van der Waals surface area contributed by atoms with Crippen molar-refractivity contribution < 1.29 is 0 Å². The van der Waals surface area contributed by atoms with Crippen molar-refractivity contribution in [2.45, 2.75) is 32.6 Å². The maximum atomic E-state index is 4.90. The molecule has 0 amide bonds. The van der Waals surface area contributed by atoms with Crippen LogP contribution in [0.2, 0.25) is 0 Å². The lowest BCUT2D eigenvalue weighted by molar-refractivity contribution is 0.931. The Bertz CT molecular complexity index is 3310. The van der Waals surface area contributed by atoms with Crippen molar-refractivity contribution in [1.29, 1.82) is 0 Å². The van der Waals surface area contributed by atoms with Crippen molar-refractivity contribution in [3.63, 3.8) is 0 Å². The van der Waals surface area contributed by atoms with Gasteiger partial charge >= 0.3 is 0 Å². The standard InChI is InChI=1S/C64H52N4/c1-3-65-45-49-22-18-47(19-23-49)20-24-50-40-51(25-21-48-26-28-57(29-27-48)64-66-38-39-68(64)59-14-8-5-9-15-59)42-58(41-50)61-17-11-10-16-60(61)54-34-36-56(37-35-54)63-43-62(46(2)44-67-63)55-32-30-53(31-33-55)52-12-6-4-7-13-52/h3-19,22-23,26-45H,1,20-21,24-25H2,2H3/b65-45+. The van der Waals surface area contributed by atoms with Crippen LogP contribution >= 0.6 is 0 Å². The Morgan fingerprint density at radius 1 is 0.456 bits per heavy atom. The summed E-state index contributed by atoms with van der Waals surface area (Å²) in [6, 6.07) is 74.5. The van der Waals surface area contributed by atoms with E-state index < -0.39 is 0 Å². The fraction of sp³-hybridized carbons (Fsp3) is 0.0781. The lowest BCUT2D eigenvalue weighted by Gasteiger charge is -2.15. The lowest BCUT2D eigenvalue weighted by Crippen LogP contribution is -1.98. The quantitative estimate of drug-likeness (QED) is 0.0963. The van der Waals surface area contributed by atoms with E-state index >= 15 is 0 Å². The van der Waals surface area contributed by atoms with Gasteiger partial charge in [-0.2, -0.15) is 0 Å². The summed E-state index contributed by atoms with van der Waals surface area (Å²) in [6.07, 6.45) is 13.0. The zero-order chi connectivity index (χ0) is 46.1. The van der Waals surface area contributed by atoms with E-state index in [0.29, 0.717) is 0 Å². The van der Waals surface area contributed by atoms with E-state index in [1.165, 1.54) is 66.8 Å². The summed E-state index contributed by atoms with van der Waals surface area (Å²) in [7, 11) is 0. The Balaban J connectivity index is 0.913. The van der Waals surface area contributed by atoms with Crippen LogP contribution in [0.1, 0.15) is 33.4 Å². The van der Waals surface area contributed by atoms with Crippen LogP contribution in [-0.4, -0.2) is 20.7 Å². The average Bonchev–Trinajstić information content (AvgIpc) is 3.91. The highest BCUT2D eigenvalue weighted by atomic mass is 15.1. The van der Waals surface area contributed by atoms with Crippen molar-refractivity contribution in [2.75, 3.05) is 0 Å². The van der Waals surface area contributed by atoms with Crippen LogP contribution in [-0.2, 0) is 25.7 Å². The summed E-state index contributed by atoms with van der Waals surface area (Å²) in [6.45, 7) is 5.84. The normalized spacial score (nSPS) is 11.2. The van der Waals surface area contributed by atoms with Crippen LogP contribution < -0.4 is 0 Å². The van der Waals surface area contributed by atoms with Gasteiger partial charge < -0.3 is 0 Å². The van der Waals surface area contributed by atoms with E-state index in [4.69, 9.17) is 9.97 Å². The van der Waals surface area contributed by atoms with Gasteiger partial charge in [0.15, 0.2) is 0 Å². The van der Waals surface area contributed by atoms with Crippen LogP contribution in [0.3, 0.4) is 0 Å². The molecule has 68 heavy (non-hydrogen) atoms. The van der Waals surface area contributed by atoms with E-state index in [1.807, 2.05) is 30.9 Å². The van der Waals surface area contributed by atoms with Gasteiger partial charge in [-0.15, -0.1) is 0 Å². The molecule has 2 aromatic heterocycles. The van der Waals surface area contributed by atoms with Gasteiger partial charge in [-0.25, -0.2) is 4.98 Å². The third-order valence-corrected chi connectivity index (χ3v) is 12.8. The molecule has 0 aliphatic heterocycles. The van der Waals surface area contributed by atoms with E-state index in [1.54, 1.807) is 6.20 Å². The fourth-order valence-corrected chi connectivity index (χ4v) is 9.10. The average molecular weight is 877 g/mol. The molecule has 0 bridgehead atoms. The van der Waals surface area contributed by atoms with Crippen LogP contribution in [0.5, 0.6) is 0 Å². The second kappa shape index (κ2) is 20.4. The lowest BCUT2D eigenvalue weighted by atomic mass is 9.90. The maximum Gasteiger partial charge on any atom is 0.144 e. The first-order chi connectivity index (χ1) is 33.5. The Kier molecular flexibility index (Phi) is 13.0. The first-order valence-corrected chi connectivity index (χ1v) is 23.4. The number of aliphatic imine (C=N–C) groups is 1. The van der Waals surface area contributed by atoms with Crippen molar-refractivity contribution in [1.82, 2.24) is 14.5 Å². The molecule has 8 aromatic carbocycles. The Morgan fingerprint density at radius 2 is 0.971 bits per heavy atom. The minimum Gasteiger partial charge on any atom is -0.300 e. The molecule has 0 aliphatic rings. The first-order valence-electron chi connectivity index (χ1n) is 23.4. The molecule has 328 valence electrons. The van der Waals surface area contributed by atoms with Gasteiger partial charge in [-0.1, -0.05) is 195 Å². The number of hydrogen-bond acceptors (Lipinski definition) is 3. The molecule has 0 spiro atoms. The number of benzene rings is 8. The summed E-state index contributed by atoms with van der Waals surface area (Å²) in [4.78, 5) is 13.8. The fourth-order valence-electron chi connectivity index (χ4n) is 9.10. The number of hydrogen-bond donors (Lipinski definition) is 0. The SMILES string of the molecule is C=C/N=C/c1ccc(CCc2cc(CCc3ccc(-c4nccn4-c4ccccc4)cc3)cc(-c3ccccc3-c3ccc(-c4cc(-c5ccc(-c6ccccc6)cc5)c(C)cn4)cc3)c2)cc1. The molecule has 0 aliphatic carbocycles. The molecule has 0 fully saturated rings. The summed E-state index contributed by atoms with van der Waals surface area (Å²) >= 11 is 0. The molecule has 2 heterocycles. The number of aromatic nitrogens is 3. The van der Waals surface area contributed by atoms with Crippen molar-refractivity contribution in [3.8, 4) is 72.8 Å². The number of imidazole rings is 1. The largest absolute Gasteiger partial charge is 0.300 e. The van der Waals surface area contributed by atoms with E-state index in [9.17, 15) is 0 Å². The number of nitrogens with zero attached hydrogens (tertiary/aromatic N) is 4. The minimum atomic E-state index is 0.926. The zero-order valence-electron chi connectivity index (χ0n) is 38.3. The maximum absolute atomic E-state index is 4.90. The Hall–Kier alpha value is -8.47. The third-order valence-electron chi connectivity index (χ3n) is 12.8. The zero-order valence-corrected chi connectivity index (χ0v) is 38.3. The minimum absolute atomic E-state index is 0.926. The van der Waals surface area contributed by atoms with Crippen LogP contribution in [0.4, 0.5) is 0 Å². The molecule has 0 radical (unpaired) electrons. The van der Waals surface area contributed by atoms with Crippen molar-refractivity contribution in [3.05, 3.63) is 271 Å². The molecule has 0 N–H and O–H groups in total. The van der Waals surface area contributed by atoms with Gasteiger partial charge in [0, 0.05) is 47.8 Å².